The summed E-state index contributed by atoms with van der Waals surface area (Å²) in [5, 5.41) is 9.16. The maximum atomic E-state index is 12.1. The predicted molar refractivity (Wildman–Crippen MR) is 87.6 cm³/mol. The highest BCUT2D eigenvalue weighted by Crippen LogP contribution is 2.21. The van der Waals surface area contributed by atoms with Crippen molar-refractivity contribution in [3.63, 3.8) is 0 Å². The van der Waals surface area contributed by atoms with Crippen molar-refractivity contribution in [3.05, 3.63) is 45.8 Å². The molecule has 6 heteroatoms. The molecule has 0 saturated carbocycles. The molecule has 0 fully saturated rings. The number of benzene rings is 1. The van der Waals surface area contributed by atoms with Crippen molar-refractivity contribution in [3.8, 4) is 0 Å². The van der Waals surface area contributed by atoms with Crippen LogP contribution in [0.4, 0.5) is 5.69 Å². The SMILES string of the molecule is Cc1cc(C)c(NC(=O)CNC(=O)c2c(C)noc2C)c(C)c1. The van der Waals surface area contributed by atoms with E-state index in [9.17, 15) is 9.59 Å². The van der Waals surface area contributed by atoms with Gasteiger partial charge < -0.3 is 15.2 Å². The van der Waals surface area contributed by atoms with Gasteiger partial charge in [0, 0.05) is 5.69 Å². The number of amides is 2. The van der Waals surface area contributed by atoms with Crippen LogP contribution >= 0.6 is 0 Å². The van der Waals surface area contributed by atoms with E-state index in [0.717, 1.165) is 22.4 Å². The van der Waals surface area contributed by atoms with Crippen LogP contribution in [0.25, 0.3) is 0 Å². The van der Waals surface area contributed by atoms with Crippen molar-refractivity contribution in [2.75, 3.05) is 11.9 Å². The molecule has 122 valence electrons. The summed E-state index contributed by atoms with van der Waals surface area (Å²) in [6.45, 7) is 9.12. The van der Waals surface area contributed by atoms with E-state index in [2.05, 4.69) is 15.8 Å². The van der Waals surface area contributed by atoms with Gasteiger partial charge in [0.15, 0.2) is 0 Å². The second-order valence-corrected chi connectivity index (χ2v) is 5.70. The number of anilines is 1. The molecule has 0 unspecified atom stereocenters. The lowest BCUT2D eigenvalue weighted by atomic mass is 10.1. The molecular formula is C17H21N3O3. The fourth-order valence-electron chi connectivity index (χ4n) is 2.62. The van der Waals surface area contributed by atoms with Crippen molar-refractivity contribution < 1.29 is 14.1 Å². The maximum absolute atomic E-state index is 12.1. The standard InChI is InChI=1S/C17H21N3O3/c1-9-6-10(2)16(11(3)7-9)19-14(21)8-18-17(22)15-12(4)20-23-13(15)5/h6-7H,8H2,1-5H3,(H,18,22)(H,19,21). The number of rotatable bonds is 4. The minimum Gasteiger partial charge on any atom is -0.361 e. The number of carbonyl (C=O) groups excluding carboxylic acids is 2. The first kappa shape index (κ1) is 16.7. The molecule has 0 aliphatic heterocycles. The number of nitrogens with zero attached hydrogens (tertiary/aromatic N) is 1. The van der Waals surface area contributed by atoms with Gasteiger partial charge in [0.1, 0.15) is 11.3 Å². The van der Waals surface area contributed by atoms with Crippen LogP contribution in [0, 0.1) is 34.6 Å². The zero-order valence-electron chi connectivity index (χ0n) is 14.0. The molecule has 0 atom stereocenters. The predicted octanol–water partition coefficient (Wildman–Crippen LogP) is 2.59. The minimum absolute atomic E-state index is 0.115. The molecule has 2 N–H and O–H groups in total. The van der Waals surface area contributed by atoms with Crippen molar-refractivity contribution in [2.45, 2.75) is 34.6 Å². The second kappa shape index (κ2) is 6.64. The molecule has 1 aromatic carbocycles. The molecule has 0 aliphatic rings. The van der Waals surface area contributed by atoms with Crippen molar-refractivity contribution >= 4 is 17.5 Å². The molecule has 1 heterocycles. The van der Waals surface area contributed by atoms with Crippen LogP contribution in [0.2, 0.25) is 0 Å². The second-order valence-electron chi connectivity index (χ2n) is 5.70. The molecule has 0 radical (unpaired) electrons. The monoisotopic (exact) mass is 315 g/mol. The highest BCUT2D eigenvalue weighted by atomic mass is 16.5. The summed E-state index contributed by atoms with van der Waals surface area (Å²) in [6.07, 6.45) is 0. The van der Waals surface area contributed by atoms with Crippen LogP contribution in [0.15, 0.2) is 16.7 Å². The van der Waals surface area contributed by atoms with Gasteiger partial charge >= 0.3 is 0 Å². The Bertz CT molecular complexity index is 720. The molecule has 0 bridgehead atoms. The summed E-state index contributed by atoms with van der Waals surface area (Å²) in [5.41, 5.74) is 4.80. The fourth-order valence-corrected chi connectivity index (χ4v) is 2.62. The van der Waals surface area contributed by atoms with Crippen LogP contribution in [-0.4, -0.2) is 23.5 Å². The van der Waals surface area contributed by atoms with E-state index in [1.54, 1.807) is 13.8 Å². The minimum atomic E-state index is -0.367. The lowest BCUT2D eigenvalue weighted by molar-refractivity contribution is -0.115. The maximum Gasteiger partial charge on any atom is 0.257 e. The molecular weight excluding hydrogens is 294 g/mol. The van der Waals surface area contributed by atoms with Crippen molar-refractivity contribution in [1.82, 2.24) is 10.5 Å². The van der Waals surface area contributed by atoms with Crippen LogP contribution < -0.4 is 10.6 Å². The zero-order valence-corrected chi connectivity index (χ0v) is 14.0. The number of hydrogen-bond acceptors (Lipinski definition) is 4. The highest BCUT2D eigenvalue weighted by molar-refractivity contribution is 6.00. The van der Waals surface area contributed by atoms with Crippen LogP contribution in [0.3, 0.4) is 0 Å². The Labute approximate surface area is 135 Å². The Kier molecular flexibility index (Phi) is 4.83. The van der Waals surface area contributed by atoms with E-state index in [0.29, 0.717) is 17.0 Å². The van der Waals surface area contributed by atoms with Crippen LogP contribution in [-0.2, 0) is 4.79 Å². The molecule has 23 heavy (non-hydrogen) atoms. The Hall–Kier alpha value is -2.63. The average molecular weight is 315 g/mol. The summed E-state index contributed by atoms with van der Waals surface area (Å²) in [5.74, 6) is -0.209. The Balaban J connectivity index is 2.00. The van der Waals surface area contributed by atoms with E-state index in [4.69, 9.17) is 4.52 Å². The van der Waals surface area contributed by atoms with Crippen LogP contribution in [0.5, 0.6) is 0 Å². The number of aromatic nitrogens is 1. The van der Waals surface area contributed by atoms with Gasteiger partial charge in [0.25, 0.3) is 5.91 Å². The topological polar surface area (TPSA) is 84.2 Å². The molecule has 2 rings (SSSR count). The third-order valence-corrected chi connectivity index (χ3v) is 3.61. The molecule has 0 saturated heterocycles. The first-order valence-electron chi connectivity index (χ1n) is 7.38. The summed E-state index contributed by atoms with van der Waals surface area (Å²) in [7, 11) is 0. The van der Waals surface area contributed by atoms with E-state index in [1.807, 2.05) is 32.9 Å². The van der Waals surface area contributed by atoms with Crippen molar-refractivity contribution in [1.29, 1.82) is 0 Å². The number of hydrogen-bond donors (Lipinski definition) is 2. The smallest absolute Gasteiger partial charge is 0.257 e. The van der Waals surface area contributed by atoms with Gasteiger partial charge in [0.2, 0.25) is 5.91 Å². The van der Waals surface area contributed by atoms with Gasteiger partial charge in [-0.25, -0.2) is 0 Å². The third kappa shape index (κ3) is 3.77. The highest BCUT2D eigenvalue weighted by Gasteiger charge is 2.18. The van der Waals surface area contributed by atoms with Gasteiger partial charge in [0.05, 0.1) is 12.2 Å². The Morgan fingerprint density at radius 2 is 1.70 bits per heavy atom. The van der Waals surface area contributed by atoms with E-state index in [-0.39, 0.29) is 18.4 Å². The molecule has 2 amide bonds. The zero-order chi connectivity index (χ0) is 17.1. The lowest BCUT2D eigenvalue weighted by Crippen LogP contribution is -2.33. The fraction of sp³-hybridized carbons (Fsp3) is 0.353. The molecule has 2 aromatic rings. The van der Waals surface area contributed by atoms with Gasteiger partial charge in [-0.15, -0.1) is 0 Å². The lowest BCUT2D eigenvalue weighted by Gasteiger charge is -2.13. The normalized spacial score (nSPS) is 10.5. The van der Waals surface area contributed by atoms with Crippen molar-refractivity contribution in [2.24, 2.45) is 0 Å². The molecule has 1 aromatic heterocycles. The first-order valence-corrected chi connectivity index (χ1v) is 7.38. The van der Waals surface area contributed by atoms with Crippen LogP contribution in [0.1, 0.15) is 38.5 Å². The average Bonchev–Trinajstić information content (AvgIpc) is 2.79. The summed E-state index contributed by atoms with van der Waals surface area (Å²) in [4.78, 5) is 24.2. The molecule has 0 spiro atoms. The van der Waals surface area contributed by atoms with Gasteiger partial charge in [-0.2, -0.15) is 0 Å². The first-order chi connectivity index (χ1) is 10.8. The number of aryl methyl sites for hydroxylation is 5. The van der Waals surface area contributed by atoms with Gasteiger partial charge in [-0.3, -0.25) is 9.59 Å². The van der Waals surface area contributed by atoms with E-state index >= 15 is 0 Å². The number of nitrogens with one attached hydrogen (secondary N) is 2. The third-order valence-electron chi connectivity index (χ3n) is 3.61. The summed E-state index contributed by atoms with van der Waals surface area (Å²) >= 11 is 0. The Morgan fingerprint density at radius 3 is 2.22 bits per heavy atom. The number of carbonyl (C=O) groups is 2. The van der Waals surface area contributed by atoms with E-state index < -0.39 is 0 Å². The van der Waals surface area contributed by atoms with Gasteiger partial charge in [-0.1, -0.05) is 22.9 Å². The largest absolute Gasteiger partial charge is 0.361 e. The molecule has 0 aliphatic carbocycles. The quantitative estimate of drug-likeness (QED) is 0.908. The Morgan fingerprint density at radius 1 is 1.09 bits per heavy atom. The van der Waals surface area contributed by atoms with E-state index in [1.165, 1.54) is 0 Å². The molecule has 6 nitrogen and oxygen atoms in total. The summed E-state index contributed by atoms with van der Waals surface area (Å²) in [6, 6.07) is 4.01. The summed E-state index contributed by atoms with van der Waals surface area (Å²) < 4.78 is 4.95. The van der Waals surface area contributed by atoms with Gasteiger partial charge in [-0.05, 0) is 45.7 Å².